The number of anilines is 1. The van der Waals surface area contributed by atoms with Crippen LogP contribution in [0, 0.1) is 12.3 Å². The number of amides is 1. The minimum Gasteiger partial charge on any atom is -0.364 e. The maximum absolute atomic E-state index is 12.2. The number of carbonyl (C=O) groups excluding carboxylic acids is 1. The molecule has 0 bridgehead atoms. The molecule has 1 aliphatic heterocycles. The topological polar surface area (TPSA) is 98.1 Å². The van der Waals surface area contributed by atoms with Crippen LogP contribution in [0.3, 0.4) is 0 Å². The summed E-state index contributed by atoms with van der Waals surface area (Å²) in [5.41, 5.74) is 13.2. The number of primary amides is 1. The molecule has 9 heteroatoms. The number of carbonyl (C=O) groups is 1. The lowest BCUT2D eigenvalue weighted by molar-refractivity contribution is 0.0994. The lowest BCUT2D eigenvalue weighted by Gasteiger charge is -2.42. The SMILES string of the molecule is Cc1nc(N2CCC3(CCCC3N)CC2)c(C(N)=O)nc1Sc1cccc(Cl)c1Cl. The average molecular weight is 466 g/mol. The van der Waals surface area contributed by atoms with Crippen molar-refractivity contribution in [2.24, 2.45) is 16.9 Å². The van der Waals surface area contributed by atoms with Crippen molar-refractivity contribution in [3.05, 3.63) is 39.6 Å². The number of hydrogen-bond donors (Lipinski definition) is 2. The molecule has 1 aliphatic carbocycles. The van der Waals surface area contributed by atoms with Crippen LogP contribution in [0.2, 0.25) is 10.0 Å². The fourth-order valence-corrected chi connectivity index (χ4v) is 5.95. The van der Waals surface area contributed by atoms with Crippen molar-refractivity contribution in [2.45, 2.75) is 55.0 Å². The lowest BCUT2D eigenvalue weighted by atomic mass is 9.74. The molecule has 0 radical (unpaired) electrons. The Bertz CT molecular complexity index is 978. The molecule has 4 N–H and O–H groups in total. The molecule has 6 nitrogen and oxygen atoms in total. The van der Waals surface area contributed by atoms with Crippen LogP contribution < -0.4 is 16.4 Å². The second kappa shape index (κ2) is 8.54. The Kier molecular flexibility index (Phi) is 6.17. The maximum Gasteiger partial charge on any atom is 0.271 e. The molecule has 1 saturated carbocycles. The van der Waals surface area contributed by atoms with Gasteiger partial charge in [0.2, 0.25) is 0 Å². The highest BCUT2D eigenvalue weighted by Crippen LogP contribution is 2.46. The molecular formula is C21H25Cl2N5OS. The summed E-state index contributed by atoms with van der Waals surface area (Å²) in [5.74, 6) is -0.0302. The zero-order chi connectivity index (χ0) is 21.5. The number of hydrogen-bond acceptors (Lipinski definition) is 6. The normalized spacial score (nSPS) is 20.7. The number of halogens is 2. The standard InChI is InChI=1S/C21H25Cl2N5OS/c1-12-20(30-14-5-2-4-13(22)16(14)23)27-17(18(25)29)19(26-12)28-10-8-21(9-11-28)7-3-6-15(21)24/h2,4-5,15H,3,6-11,24H2,1H3,(H2,25,29). The van der Waals surface area contributed by atoms with Crippen LogP contribution in [0.4, 0.5) is 5.82 Å². The molecular weight excluding hydrogens is 441 g/mol. The number of rotatable bonds is 4. The van der Waals surface area contributed by atoms with Gasteiger partial charge < -0.3 is 16.4 Å². The van der Waals surface area contributed by atoms with E-state index >= 15 is 0 Å². The molecule has 1 amide bonds. The molecule has 1 spiro atoms. The quantitative estimate of drug-likeness (QED) is 0.692. The van der Waals surface area contributed by atoms with Crippen molar-refractivity contribution in [3.63, 3.8) is 0 Å². The van der Waals surface area contributed by atoms with Crippen LogP contribution in [-0.4, -0.2) is 35.0 Å². The molecule has 2 heterocycles. The third kappa shape index (κ3) is 4.00. The Morgan fingerprint density at radius 3 is 2.60 bits per heavy atom. The van der Waals surface area contributed by atoms with Gasteiger partial charge in [-0.3, -0.25) is 4.79 Å². The Morgan fingerprint density at radius 2 is 1.97 bits per heavy atom. The van der Waals surface area contributed by atoms with Gasteiger partial charge >= 0.3 is 0 Å². The summed E-state index contributed by atoms with van der Waals surface area (Å²) >= 11 is 13.8. The van der Waals surface area contributed by atoms with Crippen molar-refractivity contribution >= 4 is 46.7 Å². The van der Waals surface area contributed by atoms with Gasteiger partial charge in [0.1, 0.15) is 5.03 Å². The molecule has 4 rings (SSSR count). The van der Waals surface area contributed by atoms with E-state index in [0.717, 1.165) is 37.2 Å². The molecule has 2 fully saturated rings. The van der Waals surface area contributed by atoms with Crippen molar-refractivity contribution in [1.29, 1.82) is 0 Å². The highest BCUT2D eigenvalue weighted by atomic mass is 35.5. The Hall–Kier alpha value is -1.54. The fourth-order valence-electron chi connectivity index (χ4n) is 4.59. The number of nitrogens with zero attached hydrogens (tertiary/aromatic N) is 3. The second-order valence-electron chi connectivity index (χ2n) is 8.15. The van der Waals surface area contributed by atoms with Gasteiger partial charge in [0.25, 0.3) is 5.91 Å². The Balaban J connectivity index is 1.61. The minimum absolute atomic E-state index is 0.188. The second-order valence-corrected chi connectivity index (χ2v) is 9.97. The number of piperidine rings is 1. The van der Waals surface area contributed by atoms with Gasteiger partial charge in [0.15, 0.2) is 11.5 Å². The number of benzene rings is 1. The van der Waals surface area contributed by atoms with Gasteiger partial charge in [-0.15, -0.1) is 0 Å². The van der Waals surface area contributed by atoms with Crippen molar-refractivity contribution in [3.8, 4) is 0 Å². The first-order chi connectivity index (χ1) is 14.3. The predicted molar refractivity (Wildman–Crippen MR) is 122 cm³/mol. The van der Waals surface area contributed by atoms with Gasteiger partial charge in [0.05, 0.1) is 15.7 Å². The molecule has 1 aromatic heterocycles. The van der Waals surface area contributed by atoms with Crippen LogP contribution in [0.15, 0.2) is 28.1 Å². The van der Waals surface area contributed by atoms with E-state index in [1.807, 2.05) is 19.1 Å². The molecule has 2 aliphatic rings. The summed E-state index contributed by atoms with van der Waals surface area (Å²) in [7, 11) is 0. The maximum atomic E-state index is 12.2. The average Bonchev–Trinajstić information content (AvgIpc) is 3.07. The summed E-state index contributed by atoms with van der Waals surface area (Å²) in [5, 5.41) is 1.50. The van der Waals surface area contributed by atoms with Crippen molar-refractivity contribution in [1.82, 2.24) is 9.97 Å². The van der Waals surface area contributed by atoms with E-state index < -0.39 is 5.91 Å². The summed E-state index contributed by atoms with van der Waals surface area (Å²) < 4.78 is 0. The van der Waals surface area contributed by atoms with Gasteiger partial charge in [0, 0.05) is 24.0 Å². The fraction of sp³-hybridized carbons (Fsp3) is 0.476. The smallest absolute Gasteiger partial charge is 0.271 e. The highest BCUT2D eigenvalue weighted by molar-refractivity contribution is 7.99. The summed E-state index contributed by atoms with van der Waals surface area (Å²) in [6.07, 6.45) is 5.49. The van der Waals surface area contributed by atoms with Crippen LogP contribution in [0.1, 0.15) is 48.3 Å². The van der Waals surface area contributed by atoms with Crippen molar-refractivity contribution in [2.75, 3.05) is 18.0 Å². The summed E-state index contributed by atoms with van der Waals surface area (Å²) in [6, 6.07) is 5.67. The van der Waals surface area contributed by atoms with Crippen LogP contribution in [0.25, 0.3) is 0 Å². The summed E-state index contributed by atoms with van der Waals surface area (Å²) in [4.78, 5) is 24.4. The third-order valence-corrected chi connectivity index (χ3v) is 8.47. The van der Waals surface area contributed by atoms with E-state index in [1.54, 1.807) is 6.07 Å². The van der Waals surface area contributed by atoms with E-state index in [1.165, 1.54) is 24.6 Å². The molecule has 160 valence electrons. The largest absolute Gasteiger partial charge is 0.364 e. The molecule has 2 aromatic rings. The molecule has 1 saturated heterocycles. The van der Waals surface area contributed by atoms with E-state index in [0.29, 0.717) is 26.6 Å². The first-order valence-electron chi connectivity index (χ1n) is 10.1. The lowest BCUT2D eigenvalue weighted by Crippen LogP contribution is -2.47. The first-order valence-corrected chi connectivity index (χ1v) is 11.7. The van der Waals surface area contributed by atoms with Gasteiger partial charge in [-0.2, -0.15) is 0 Å². The monoisotopic (exact) mass is 465 g/mol. The predicted octanol–water partition coefficient (Wildman–Crippen LogP) is 4.44. The Labute approximate surface area is 190 Å². The molecule has 1 aromatic carbocycles. The van der Waals surface area contributed by atoms with Crippen LogP contribution in [-0.2, 0) is 0 Å². The van der Waals surface area contributed by atoms with E-state index in [4.69, 9.17) is 39.7 Å². The van der Waals surface area contributed by atoms with Crippen LogP contribution in [0.5, 0.6) is 0 Å². The van der Waals surface area contributed by atoms with Gasteiger partial charge in [-0.25, -0.2) is 9.97 Å². The van der Waals surface area contributed by atoms with Crippen molar-refractivity contribution < 1.29 is 4.79 Å². The van der Waals surface area contributed by atoms with Crippen LogP contribution >= 0.6 is 35.0 Å². The number of nitrogens with two attached hydrogens (primary N) is 2. The Morgan fingerprint density at radius 1 is 1.23 bits per heavy atom. The van der Waals surface area contributed by atoms with Gasteiger partial charge in [-0.1, -0.05) is 47.5 Å². The zero-order valence-corrected chi connectivity index (χ0v) is 19.2. The van der Waals surface area contributed by atoms with E-state index in [2.05, 4.69) is 9.88 Å². The highest BCUT2D eigenvalue weighted by Gasteiger charge is 2.43. The molecule has 1 atom stereocenters. The zero-order valence-electron chi connectivity index (χ0n) is 16.8. The molecule has 1 unspecified atom stereocenters. The van der Waals surface area contributed by atoms with Gasteiger partial charge in [-0.05, 0) is 50.2 Å². The number of aryl methyl sites for hydroxylation is 1. The third-order valence-electron chi connectivity index (χ3n) is 6.40. The first kappa shape index (κ1) is 21.7. The summed E-state index contributed by atoms with van der Waals surface area (Å²) in [6.45, 7) is 3.48. The molecule has 30 heavy (non-hydrogen) atoms. The van der Waals surface area contributed by atoms with E-state index in [9.17, 15) is 4.79 Å². The number of aromatic nitrogens is 2. The minimum atomic E-state index is -0.589. The van der Waals surface area contributed by atoms with E-state index in [-0.39, 0.29) is 17.2 Å².